The number of alkyl halides is 4. The van der Waals surface area contributed by atoms with Crippen LogP contribution in [0.25, 0.3) is 6.08 Å². The predicted octanol–water partition coefficient (Wildman–Crippen LogP) is 5.91. The first-order valence-corrected chi connectivity index (χ1v) is 7.48. The van der Waals surface area contributed by atoms with E-state index in [1.165, 1.54) is 18.6 Å². The van der Waals surface area contributed by atoms with Gasteiger partial charge in [0, 0.05) is 5.88 Å². The van der Waals surface area contributed by atoms with Gasteiger partial charge in [0.15, 0.2) is 0 Å². The highest BCUT2D eigenvalue weighted by atomic mass is 35.5. The Balaban J connectivity index is 2.32. The van der Waals surface area contributed by atoms with Gasteiger partial charge in [0.25, 0.3) is 0 Å². The van der Waals surface area contributed by atoms with Gasteiger partial charge in [-0.05, 0) is 30.4 Å². The molecule has 0 amide bonds. The quantitative estimate of drug-likeness (QED) is 0.609. The second-order valence-corrected chi connectivity index (χ2v) is 5.54. The molecular weight excluding hydrogens is 285 g/mol. The molecule has 110 valence electrons. The number of halogens is 4. The molecule has 4 heteroatoms. The maximum Gasteiger partial charge on any atom is 0.416 e. The fraction of sp³-hybridized carbons (Fsp3) is 0.500. The summed E-state index contributed by atoms with van der Waals surface area (Å²) in [4.78, 5) is 0. The van der Waals surface area contributed by atoms with Crippen LogP contribution < -0.4 is 0 Å². The Hall–Kier alpha value is -0.960. The van der Waals surface area contributed by atoms with Gasteiger partial charge in [-0.15, -0.1) is 11.6 Å². The molecule has 20 heavy (non-hydrogen) atoms. The van der Waals surface area contributed by atoms with Gasteiger partial charge in [-0.1, -0.05) is 49.1 Å². The lowest BCUT2D eigenvalue weighted by Crippen LogP contribution is -2.11. The number of rotatable bonds is 3. The molecule has 0 unspecified atom stereocenters. The molecule has 0 heterocycles. The summed E-state index contributed by atoms with van der Waals surface area (Å²) in [5.74, 6) is 0.638. The highest BCUT2D eigenvalue weighted by Crippen LogP contribution is 2.35. The standard InChI is InChI=1S/C16H18ClF3/c17-11-14(12-6-2-1-3-7-12)10-13-8-4-5-9-15(13)16(18,19)20/h4-5,8-10,12H,1-3,6-7,11H2/b14-10-. The van der Waals surface area contributed by atoms with E-state index in [1.54, 1.807) is 12.1 Å². The molecule has 0 saturated heterocycles. The highest BCUT2D eigenvalue weighted by molar-refractivity contribution is 6.19. The van der Waals surface area contributed by atoms with Crippen molar-refractivity contribution < 1.29 is 13.2 Å². The van der Waals surface area contributed by atoms with Gasteiger partial charge in [-0.3, -0.25) is 0 Å². The molecule has 0 N–H and O–H groups in total. The number of allylic oxidation sites excluding steroid dienone is 1. The van der Waals surface area contributed by atoms with E-state index in [9.17, 15) is 13.2 Å². The molecule has 0 radical (unpaired) electrons. The summed E-state index contributed by atoms with van der Waals surface area (Å²) in [6, 6.07) is 5.69. The topological polar surface area (TPSA) is 0 Å². The number of benzene rings is 1. The van der Waals surface area contributed by atoms with E-state index >= 15 is 0 Å². The van der Waals surface area contributed by atoms with E-state index in [4.69, 9.17) is 11.6 Å². The van der Waals surface area contributed by atoms with Crippen LogP contribution in [0.5, 0.6) is 0 Å². The van der Waals surface area contributed by atoms with Crippen molar-refractivity contribution in [1.29, 1.82) is 0 Å². The van der Waals surface area contributed by atoms with Crippen LogP contribution in [0.15, 0.2) is 29.8 Å². The molecule has 0 bridgehead atoms. The van der Waals surface area contributed by atoms with Crippen LogP contribution in [0.2, 0.25) is 0 Å². The zero-order valence-corrected chi connectivity index (χ0v) is 12.0. The van der Waals surface area contributed by atoms with Gasteiger partial charge >= 0.3 is 6.18 Å². The van der Waals surface area contributed by atoms with Crippen LogP contribution in [0.1, 0.15) is 43.2 Å². The van der Waals surface area contributed by atoms with Crippen LogP contribution in [0, 0.1) is 5.92 Å². The lowest BCUT2D eigenvalue weighted by Gasteiger charge is -2.24. The second kappa shape index (κ2) is 6.66. The van der Waals surface area contributed by atoms with Gasteiger partial charge in [-0.25, -0.2) is 0 Å². The van der Waals surface area contributed by atoms with Crippen LogP contribution in [0.3, 0.4) is 0 Å². The maximum absolute atomic E-state index is 13.0. The molecule has 0 aromatic heterocycles. The molecular formula is C16H18ClF3. The first kappa shape index (κ1) is 15.4. The van der Waals surface area contributed by atoms with E-state index in [0.29, 0.717) is 11.8 Å². The minimum Gasteiger partial charge on any atom is -0.166 e. The second-order valence-electron chi connectivity index (χ2n) is 5.27. The number of hydrogen-bond donors (Lipinski definition) is 0. The fourth-order valence-corrected chi connectivity index (χ4v) is 3.12. The third kappa shape index (κ3) is 3.78. The Bertz CT molecular complexity index is 471. The van der Waals surface area contributed by atoms with E-state index in [-0.39, 0.29) is 5.56 Å². The molecule has 0 atom stereocenters. The molecule has 1 saturated carbocycles. The summed E-state index contributed by atoms with van der Waals surface area (Å²) < 4.78 is 38.9. The molecule has 0 spiro atoms. The first-order chi connectivity index (χ1) is 9.52. The van der Waals surface area contributed by atoms with Crippen LogP contribution in [-0.4, -0.2) is 5.88 Å². The van der Waals surface area contributed by atoms with Crippen molar-refractivity contribution in [1.82, 2.24) is 0 Å². The van der Waals surface area contributed by atoms with Crippen molar-refractivity contribution in [3.05, 3.63) is 41.0 Å². The third-order valence-electron chi connectivity index (χ3n) is 3.89. The predicted molar refractivity (Wildman–Crippen MR) is 76.7 cm³/mol. The van der Waals surface area contributed by atoms with Crippen molar-refractivity contribution >= 4 is 17.7 Å². The van der Waals surface area contributed by atoms with E-state index < -0.39 is 11.7 Å². The smallest absolute Gasteiger partial charge is 0.166 e. The van der Waals surface area contributed by atoms with Gasteiger partial charge in [0.05, 0.1) is 5.56 Å². The van der Waals surface area contributed by atoms with E-state index in [2.05, 4.69) is 0 Å². The minimum absolute atomic E-state index is 0.223. The first-order valence-electron chi connectivity index (χ1n) is 6.95. The van der Waals surface area contributed by atoms with E-state index in [0.717, 1.165) is 37.3 Å². The normalized spacial score (nSPS) is 18.3. The van der Waals surface area contributed by atoms with Crippen molar-refractivity contribution in [3.8, 4) is 0 Å². The van der Waals surface area contributed by atoms with Gasteiger partial charge in [0.1, 0.15) is 0 Å². The zero-order chi connectivity index (χ0) is 14.6. The maximum atomic E-state index is 13.0. The molecule has 1 aliphatic rings. The highest BCUT2D eigenvalue weighted by Gasteiger charge is 2.32. The lowest BCUT2D eigenvalue weighted by atomic mass is 9.83. The van der Waals surface area contributed by atoms with Crippen molar-refractivity contribution in [2.24, 2.45) is 5.92 Å². The minimum atomic E-state index is -4.32. The van der Waals surface area contributed by atoms with Gasteiger partial charge in [0.2, 0.25) is 0 Å². The Morgan fingerprint density at radius 3 is 2.40 bits per heavy atom. The summed E-state index contributed by atoms with van der Waals surface area (Å²) in [7, 11) is 0. The van der Waals surface area contributed by atoms with E-state index in [1.807, 2.05) is 0 Å². The fourth-order valence-electron chi connectivity index (χ4n) is 2.82. The summed E-state index contributed by atoms with van der Waals surface area (Å²) in [5, 5.41) is 0. The summed E-state index contributed by atoms with van der Waals surface area (Å²) in [6.07, 6.45) is 2.88. The Morgan fingerprint density at radius 2 is 1.80 bits per heavy atom. The molecule has 1 aliphatic carbocycles. The average Bonchev–Trinajstić information content (AvgIpc) is 2.45. The van der Waals surface area contributed by atoms with Crippen molar-refractivity contribution in [2.75, 3.05) is 5.88 Å². The molecule has 0 nitrogen and oxygen atoms in total. The zero-order valence-electron chi connectivity index (χ0n) is 11.2. The van der Waals surface area contributed by atoms with Crippen LogP contribution in [-0.2, 0) is 6.18 Å². The average molecular weight is 303 g/mol. The van der Waals surface area contributed by atoms with Crippen LogP contribution >= 0.6 is 11.6 Å². The Labute approximate surface area is 122 Å². The van der Waals surface area contributed by atoms with Crippen molar-refractivity contribution in [3.63, 3.8) is 0 Å². The molecule has 0 aliphatic heterocycles. The van der Waals surface area contributed by atoms with Gasteiger partial charge in [-0.2, -0.15) is 13.2 Å². The molecule has 1 aromatic carbocycles. The molecule has 1 aromatic rings. The Kier molecular flexibility index (Phi) is 5.14. The summed E-state index contributed by atoms with van der Waals surface area (Å²) in [6.45, 7) is 0. The van der Waals surface area contributed by atoms with Gasteiger partial charge < -0.3 is 0 Å². The summed E-state index contributed by atoms with van der Waals surface area (Å²) in [5.41, 5.74) is 0.572. The molecule has 2 rings (SSSR count). The molecule has 1 fully saturated rings. The number of hydrogen-bond acceptors (Lipinski definition) is 0. The lowest BCUT2D eigenvalue weighted by molar-refractivity contribution is -0.137. The van der Waals surface area contributed by atoms with Crippen LogP contribution in [0.4, 0.5) is 13.2 Å². The Morgan fingerprint density at radius 1 is 1.15 bits per heavy atom. The summed E-state index contributed by atoms with van der Waals surface area (Å²) >= 11 is 5.97. The van der Waals surface area contributed by atoms with Crippen molar-refractivity contribution in [2.45, 2.75) is 38.3 Å². The largest absolute Gasteiger partial charge is 0.416 e. The third-order valence-corrected chi connectivity index (χ3v) is 4.20. The monoisotopic (exact) mass is 302 g/mol. The SMILES string of the molecule is FC(F)(F)c1ccccc1/C=C(/CCl)C1CCCCC1.